The van der Waals surface area contributed by atoms with Crippen molar-refractivity contribution in [2.45, 2.75) is 57.4 Å². The molecule has 0 radical (unpaired) electrons. The first-order valence-electron chi connectivity index (χ1n) is 11.9. The van der Waals surface area contributed by atoms with Crippen molar-refractivity contribution in [3.05, 3.63) is 71.8 Å². The van der Waals surface area contributed by atoms with E-state index in [4.69, 9.17) is 4.98 Å². The van der Waals surface area contributed by atoms with Gasteiger partial charge >= 0.3 is 5.97 Å². The fourth-order valence-corrected chi connectivity index (χ4v) is 5.06. The molecule has 0 unspecified atom stereocenters. The number of hydrogen-bond donors (Lipinski definition) is 2. The number of unbranched alkanes of at least 4 members (excludes halogenated alkanes) is 1. The van der Waals surface area contributed by atoms with Gasteiger partial charge in [-0.3, -0.25) is 4.79 Å². The van der Waals surface area contributed by atoms with Gasteiger partial charge in [0.15, 0.2) is 0 Å². The van der Waals surface area contributed by atoms with Crippen molar-refractivity contribution in [3.63, 3.8) is 0 Å². The van der Waals surface area contributed by atoms with Gasteiger partial charge in [0, 0.05) is 29.8 Å². The van der Waals surface area contributed by atoms with Gasteiger partial charge in [0.05, 0.1) is 12.5 Å². The molecule has 2 atom stereocenters. The Bertz CT molecular complexity index is 1260. The number of aromatic nitrogens is 6. The zero-order valence-corrected chi connectivity index (χ0v) is 19.2. The summed E-state index contributed by atoms with van der Waals surface area (Å²) in [5.74, 6) is 0.886. The minimum Gasteiger partial charge on any atom is -0.481 e. The van der Waals surface area contributed by atoms with Crippen molar-refractivity contribution in [3.8, 4) is 22.5 Å². The number of hydrogen-bond acceptors (Lipinski definition) is 5. The number of fused-ring (bicyclic) bond motifs is 1. The van der Waals surface area contributed by atoms with E-state index in [9.17, 15) is 9.90 Å². The second-order valence-electron chi connectivity index (χ2n) is 8.86. The molecule has 0 aliphatic carbocycles. The van der Waals surface area contributed by atoms with E-state index in [1.807, 2.05) is 24.4 Å². The molecule has 1 aliphatic rings. The first kappa shape index (κ1) is 22.0. The first-order valence-corrected chi connectivity index (χ1v) is 11.9. The number of carbonyl (C=O) groups is 1. The van der Waals surface area contributed by atoms with E-state index >= 15 is 0 Å². The second-order valence-corrected chi connectivity index (χ2v) is 8.86. The average molecular weight is 457 g/mol. The summed E-state index contributed by atoms with van der Waals surface area (Å²) in [5, 5.41) is 23.9. The zero-order chi connectivity index (χ0) is 23.5. The first-order chi connectivity index (χ1) is 16.7. The number of imidazole rings is 1. The lowest BCUT2D eigenvalue weighted by Crippen LogP contribution is -2.25. The number of nitrogens with zero attached hydrogens (tertiary/aromatic N) is 5. The molecule has 34 heavy (non-hydrogen) atoms. The number of tetrazole rings is 1. The smallest absolute Gasteiger partial charge is 0.304 e. The number of benzene rings is 2. The number of rotatable bonds is 8. The third-order valence-corrected chi connectivity index (χ3v) is 6.72. The highest BCUT2D eigenvalue weighted by Crippen LogP contribution is 2.41. The summed E-state index contributed by atoms with van der Waals surface area (Å²) in [5.41, 5.74) is 5.33. The summed E-state index contributed by atoms with van der Waals surface area (Å²) >= 11 is 0. The molecule has 3 heterocycles. The number of aromatic amines is 1. The van der Waals surface area contributed by atoms with E-state index in [0.29, 0.717) is 5.82 Å². The summed E-state index contributed by atoms with van der Waals surface area (Å²) in [6.45, 7) is 2.18. The molecule has 0 spiro atoms. The molecular formula is C26H28N6O2. The monoisotopic (exact) mass is 456 g/mol. The maximum absolute atomic E-state index is 11.4. The molecule has 1 aliphatic heterocycles. The Morgan fingerprint density at radius 2 is 1.91 bits per heavy atom. The lowest BCUT2D eigenvalue weighted by molar-refractivity contribution is -0.137. The Balaban J connectivity index is 1.48. The van der Waals surface area contributed by atoms with E-state index in [0.717, 1.165) is 60.3 Å². The molecule has 0 saturated heterocycles. The van der Waals surface area contributed by atoms with Gasteiger partial charge in [0.2, 0.25) is 5.82 Å². The van der Waals surface area contributed by atoms with Crippen LogP contribution in [-0.2, 0) is 11.2 Å². The van der Waals surface area contributed by atoms with Crippen molar-refractivity contribution < 1.29 is 9.90 Å². The Kier molecular flexibility index (Phi) is 6.20. The maximum Gasteiger partial charge on any atom is 0.304 e. The third kappa shape index (κ3) is 4.23. The largest absolute Gasteiger partial charge is 0.481 e. The lowest BCUT2D eigenvalue weighted by Gasteiger charge is -2.32. The van der Waals surface area contributed by atoms with Crippen molar-refractivity contribution in [2.75, 3.05) is 0 Å². The van der Waals surface area contributed by atoms with Crippen molar-refractivity contribution in [1.29, 1.82) is 0 Å². The topological polar surface area (TPSA) is 110 Å². The second kappa shape index (κ2) is 9.59. The van der Waals surface area contributed by atoms with Crippen LogP contribution in [0.25, 0.3) is 22.5 Å². The van der Waals surface area contributed by atoms with Crippen LogP contribution in [-0.4, -0.2) is 41.3 Å². The highest BCUT2D eigenvalue weighted by atomic mass is 16.4. The fraction of sp³-hybridized carbons (Fsp3) is 0.346. The molecule has 8 heteroatoms. The van der Waals surface area contributed by atoms with E-state index < -0.39 is 5.97 Å². The van der Waals surface area contributed by atoms with Gasteiger partial charge in [-0.15, -0.1) is 10.2 Å². The average Bonchev–Trinajstić information content (AvgIpc) is 3.54. The minimum absolute atomic E-state index is 0.0118. The number of aliphatic carboxylic acids is 1. The predicted molar refractivity (Wildman–Crippen MR) is 128 cm³/mol. The van der Waals surface area contributed by atoms with Crippen LogP contribution in [0.15, 0.2) is 54.7 Å². The van der Waals surface area contributed by atoms with Crippen LogP contribution in [0.5, 0.6) is 0 Å². The SMILES string of the molecule is CCCCc1ncc2n1[C@@H](c1ccc(-c3ccccc3-c3nn[nH]n3)cc1)CC[C@H]2CC(=O)O. The van der Waals surface area contributed by atoms with Gasteiger partial charge in [0.25, 0.3) is 0 Å². The summed E-state index contributed by atoms with van der Waals surface area (Å²) in [7, 11) is 0. The van der Waals surface area contributed by atoms with Crippen LogP contribution < -0.4 is 0 Å². The van der Waals surface area contributed by atoms with Gasteiger partial charge in [0.1, 0.15) is 5.82 Å². The molecule has 2 N–H and O–H groups in total. The van der Waals surface area contributed by atoms with Crippen LogP contribution in [0.3, 0.4) is 0 Å². The molecule has 0 saturated carbocycles. The minimum atomic E-state index is -0.754. The molecule has 0 amide bonds. The van der Waals surface area contributed by atoms with Crippen LogP contribution >= 0.6 is 0 Å². The molecule has 0 bridgehead atoms. The van der Waals surface area contributed by atoms with E-state index in [-0.39, 0.29) is 18.4 Å². The molecule has 4 aromatic rings. The number of nitrogens with one attached hydrogen (secondary N) is 1. The molecular weight excluding hydrogens is 428 g/mol. The van der Waals surface area contributed by atoms with Gasteiger partial charge in [-0.2, -0.15) is 5.21 Å². The molecule has 0 fully saturated rings. The molecule has 8 nitrogen and oxygen atoms in total. The van der Waals surface area contributed by atoms with Gasteiger partial charge < -0.3 is 9.67 Å². The van der Waals surface area contributed by atoms with Crippen LogP contribution in [0.4, 0.5) is 0 Å². The Morgan fingerprint density at radius 3 is 2.62 bits per heavy atom. The Labute approximate surface area is 198 Å². The quantitative estimate of drug-likeness (QED) is 0.385. The lowest BCUT2D eigenvalue weighted by atomic mass is 9.86. The number of H-pyrrole nitrogens is 1. The van der Waals surface area contributed by atoms with Crippen LogP contribution in [0, 0.1) is 0 Å². The summed E-state index contributed by atoms with van der Waals surface area (Å²) in [6, 6.07) is 16.8. The predicted octanol–water partition coefficient (Wildman–Crippen LogP) is 5.01. The summed E-state index contributed by atoms with van der Waals surface area (Å²) in [4.78, 5) is 16.2. The van der Waals surface area contributed by atoms with E-state index in [1.165, 1.54) is 5.56 Å². The van der Waals surface area contributed by atoms with E-state index in [2.05, 4.69) is 62.4 Å². The number of aryl methyl sites for hydroxylation is 1. The summed E-state index contributed by atoms with van der Waals surface area (Å²) < 4.78 is 2.31. The van der Waals surface area contributed by atoms with Crippen molar-refractivity contribution in [2.24, 2.45) is 0 Å². The maximum atomic E-state index is 11.4. The standard InChI is InChI=1S/C26H28N6O2/c1-2-3-8-24-27-16-23-19(15-25(33)34)13-14-22(32(23)24)18-11-9-17(10-12-18)20-6-4-5-7-21(20)26-28-30-31-29-26/h4-7,9-12,16,19,22H,2-3,8,13-15H2,1H3,(H,33,34)(H,28,29,30,31)/t19-,22+/m0/s1. The highest BCUT2D eigenvalue weighted by molar-refractivity contribution is 5.80. The highest BCUT2D eigenvalue weighted by Gasteiger charge is 2.31. The Morgan fingerprint density at radius 1 is 1.12 bits per heavy atom. The van der Waals surface area contributed by atoms with Gasteiger partial charge in [-0.25, -0.2) is 4.98 Å². The zero-order valence-electron chi connectivity index (χ0n) is 19.2. The molecule has 2 aromatic carbocycles. The van der Waals surface area contributed by atoms with Gasteiger partial charge in [-0.05, 0) is 41.2 Å². The summed E-state index contributed by atoms with van der Waals surface area (Å²) in [6.07, 6.45) is 6.87. The van der Waals surface area contributed by atoms with Crippen molar-refractivity contribution >= 4 is 5.97 Å². The van der Waals surface area contributed by atoms with Gasteiger partial charge in [-0.1, -0.05) is 61.9 Å². The van der Waals surface area contributed by atoms with Crippen molar-refractivity contribution in [1.82, 2.24) is 30.2 Å². The third-order valence-electron chi connectivity index (χ3n) is 6.72. The number of carboxylic acid groups (broad SMARTS) is 1. The van der Waals surface area contributed by atoms with Crippen LogP contribution in [0.1, 0.15) is 68.1 Å². The molecule has 2 aromatic heterocycles. The molecule has 5 rings (SSSR count). The van der Waals surface area contributed by atoms with Crippen LogP contribution in [0.2, 0.25) is 0 Å². The fourth-order valence-electron chi connectivity index (χ4n) is 5.06. The number of carboxylic acids is 1. The normalized spacial score (nSPS) is 17.4. The molecule has 174 valence electrons. The Hall–Kier alpha value is -3.81. The van der Waals surface area contributed by atoms with E-state index in [1.54, 1.807) is 0 Å².